The number of anilines is 1. The van der Waals surface area contributed by atoms with Crippen LogP contribution in [0.2, 0.25) is 0 Å². The van der Waals surface area contributed by atoms with E-state index in [1.165, 1.54) is 38.5 Å². The molecule has 0 spiro atoms. The molecule has 0 unspecified atom stereocenters. The molecule has 28 heavy (non-hydrogen) atoms. The first-order chi connectivity index (χ1) is 13.3. The van der Waals surface area contributed by atoms with E-state index in [-0.39, 0.29) is 35.5 Å². The molecule has 7 nitrogen and oxygen atoms in total. The number of esters is 2. The molecule has 0 bridgehead atoms. The topological polar surface area (TPSA) is 90.0 Å². The Bertz CT molecular complexity index is 937. The van der Waals surface area contributed by atoms with Gasteiger partial charge < -0.3 is 9.47 Å². The predicted molar refractivity (Wildman–Crippen MR) is 105 cm³/mol. The summed E-state index contributed by atoms with van der Waals surface area (Å²) in [6.45, 7) is 1.86. The number of aryl methyl sites for hydroxylation is 1. The normalized spacial score (nSPS) is 11.0. The SMILES string of the molecule is COC(=O)CCCN(c1ccccc1C(=O)OC)S(=O)(=O)c1ccc(C)cc1. The summed E-state index contributed by atoms with van der Waals surface area (Å²) in [6.07, 6.45) is 0.282. The molecule has 0 aliphatic carbocycles. The van der Waals surface area contributed by atoms with Crippen molar-refractivity contribution in [1.29, 1.82) is 0 Å². The summed E-state index contributed by atoms with van der Waals surface area (Å²) in [4.78, 5) is 23.7. The number of nitrogens with zero attached hydrogens (tertiary/aromatic N) is 1. The first-order valence-electron chi connectivity index (χ1n) is 8.65. The molecule has 0 N–H and O–H groups in total. The average molecular weight is 405 g/mol. The second-order valence-corrected chi connectivity index (χ2v) is 7.94. The van der Waals surface area contributed by atoms with E-state index in [0.717, 1.165) is 9.87 Å². The van der Waals surface area contributed by atoms with Crippen molar-refractivity contribution in [2.24, 2.45) is 0 Å². The van der Waals surface area contributed by atoms with Crippen LogP contribution in [-0.4, -0.2) is 41.1 Å². The van der Waals surface area contributed by atoms with Gasteiger partial charge in [-0.1, -0.05) is 29.8 Å². The minimum Gasteiger partial charge on any atom is -0.469 e. The standard InChI is InChI=1S/C20H23NO6S/c1-15-10-12-16(13-11-15)28(24,25)21(14-6-9-19(22)26-2)18-8-5-4-7-17(18)20(23)27-3/h4-5,7-8,10-13H,6,9,14H2,1-3H3. The number of carbonyl (C=O) groups excluding carboxylic acids is 2. The van der Waals surface area contributed by atoms with E-state index < -0.39 is 22.0 Å². The predicted octanol–water partition coefficient (Wildman–Crippen LogP) is 2.93. The van der Waals surface area contributed by atoms with Crippen LogP contribution in [0, 0.1) is 6.92 Å². The van der Waals surface area contributed by atoms with Gasteiger partial charge in [0.25, 0.3) is 10.0 Å². The second kappa shape index (κ2) is 9.36. The molecule has 0 heterocycles. The minimum atomic E-state index is -3.97. The Hall–Kier alpha value is -2.87. The van der Waals surface area contributed by atoms with Crippen LogP contribution in [0.5, 0.6) is 0 Å². The molecule has 8 heteroatoms. The number of methoxy groups -OCH3 is 2. The number of sulfonamides is 1. The quantitative estimate of drug-likeness (QED) is 0.627. The summed E-state index contributed by atoms with van der Waals surface area (Å²) >= 11 is 0. The lowest BCUT2D eigenvalue weighted by molar-refractivity contribution is -0.140. The zero-order chi connectivity index (χ0) is 20.7. The number of para-hydroxylation sites is 1. The highest BCUT2D eigenvalue weighted by Gasteiger charge is 2.28. The van der Waals surface area contributed by atoms with E-state index in [1.807, 2.05) is 6.92 Å². The number of hydrogen-bond donors (Lipinski definition) is 0. The van der Waals surface area contributed by atoms with Gasteiger partial charge in [0.1, 0.15) is 0 Å². The van der Waals surface area contributed by atoms with Crippen molar-refractivity contribution in [2.45, 2.75) is 24.7 Å². The van der Waals surface area contributed by atoms with E-state index in [1.54, 1.807) is 24.3 Å². The molecule has 0 saturated heterocycles. The monoisotopic (exact) mass is 405 g/mol. The van der Waals surface area contributed by atoms with Gasteiger partial charge in [0.2, 0.25) is 0 Å². The van der Waals surface area contributed by atoms with E-state index in [0.29, 0.717) is 0 Å². The molecule has 150 valence electrons. The molecular weight excluding hydrogens is 382 g/mol. The van der Waals surface area contributed by atoms with E-state index >= 15 is 0 Å². The van der Waals surface area contributed by atoms with Gasteiger partial charge in [-0.15, -0.1) is 0 Å². The van der Waals surface area contributed by atoms with E-state index in [9.17, 15) is 18.0 Å². The molecule has 0 saturated carbocycles. The fourth-order valence-corrected chi connectivity index (χ4v) is 4.17. The summed E-state index contributed by atoms with van der Waals surface area (Å²) in [5, 5.41) is 0. The third-order valence-electron chi connectivity index (χ3n) is 4.16. The summed E-state index contributed by atoms with van der Waals surface area (Å²) < 4.78 is 37.2. The molecule has 0 aliphatic rings. The molecule has 2 aromatic carbocycles. The highest BCUT2D eigenvalue weighted by Crippen LogP contribution is 2.28. The molecular formula is C20H23NO6S. The van der Waals surface area contributed by atoms with Crippen molar-refractivity contribution in [3.63, 3.8) is 0 Å². The Labute approximate surface area is 164 Å². The lowest BCUT2D eigenvalue weighted by Gasteiger charge is -2.26. The molecule has 0 atom stereocenters. The maximum atomic E-state index is 13.3. The van der Waals surface area contributed by atoms with Gasteiger partial charge in [-0.25, -0.2) is 13.2 Å². The lowest BCUT2D eigenvalue weighted by Crippen LogP contribution is -2.33. The molecule has 0 fully saturated rings. The summed E-state index contributed by atoms with van der Waals surface area (Å²) in [6, 6.07) is 12.7. The zero-order valence-corrected chi connectivity index (χ0v) is 16.9. The molecule has 2 rings (SSSR count). The van der Waals surface area contributed by atoms with Crippen molar-refractivity contribution < 1.29 is 27.5 Å². The molecule has 0 aliphatic heterocycles. The largest absolute Gasteiger partial charge is 0.469 e. The first kappa shape index (κ1) is 21.4. The Morgan fingerprint density at radius 3 is 2.21 bits per heavy atom. The first-order valence-corrected chi connectivity index (χ1v) is 10.1. The van der Waals surface area contributed by atoms with Gasteiger partial charge in [0.05, 0.1) is 30.4 Å². The van der Waals surface area contributed by atoms with Gasteiger partial charge in [-0.2, -0.15) is 0 Å². The highest BCUT2D eigenvalue weighted by atomic mass is 32.2. The van der Waals surface area contributed by atoms with E-state index in [4.69, 9.17) is 4.74 Å². The highest BCUT2D eigenvalue weighted by molar-refractivity contribution is 7.92. The number of hydrogen-bond acceptors (Lipinski definition) is 6. The fourth-order valence-electron chi connectivity index (χ4n) is 2.65. The molecule has 2 aromatic rings. The summed E-state index contributed by atoms with van der Waals surface area (Å²) in [5.74, 6) is -1.08. The van der Waals surface area contributed by atoms with Crippen LogP contribution in [0.1, 0.15) is 28.8 Å². The van der Waals surface area contributed by atoms with Crippen molar-refractivity contribution in [1.82, 2.24) is 0 Å². The average Bonchev–Trinajstić information content (AvgIpc) is 2.70. The van der Waals surface area contributed by atoms with E-state index in [2.05, 4.69) is 4.74 Å². The summed E-state index contributed by atoms with van der Waals surface area (Å²) in [7, 11) is -1.46. The third kappa shape index (κ3) is 4.89. The number of rotatable bonds is 8. The zero-order valence-electron chi connectivity index (χ0n) is 16.0. The van der Waals surface area contributed by atoms with Crippen molar-refractivity contribution >= 4 is 27.6 Å². The smallest absolute Gasteiger partial charge is 0.340 e. The van der Waals surface area contributed by atoms with Crippen LogP contribution >= 0.6 is 0 Å². The van der Waals surface area contributed by atoms with Crippen molar-refractivity contribution in [3.05, 3.63) is 59.7 Å². The van der Waals surface area contributed by atoms with Crippen molar-refractivity contribution in [3.8, 4) is 0 Å². The van der Waals surface area contributed by atoms with Gasteiger partial charge >= 0.3 is 11.9 Å². The summed E-state index contributed by atoms with van der Waals surface area (Å²) in [5.41, 5.74) is 1.24. The molecule has 0 aromatic heterocycles. The number of ether oxygens (including phenoxy) is 2. The lowest BCUT2D eigenvalue weighted by atomic mass is 10.1. The van der Waals surface area contributed by atoms with Crippen LogP contribution in [0.15, 0.2) is 53.4 Å². The number of benzene rings is 2. The Kier molecular flexibility index (Phi) is 7.17. The van der Waals surface area contributed by atoms with Crippen molar-refractivity contribution in [2.75, 3.05) is 25.1 Å². The van der Waals surface area contributed by atoms with Crippen LogP contribution in [0.3, 0.4) is 0 Å². The Morgan fingerprint density at radius 2 is 1.61 bits per heavy atom. The minimum absolute atomic E-state index is 0.000677. The maximum Gasteiger partial charge on any atom is 0.340 e. The Balaban J connectivity index is 2.50. The Morgan fingerprint density at radius 1 is 0.964 bits per heavy atom. The third-order valence-corrected chi connectivity index (χ3v) is 5.98. The number of carbonyl (C=O) groups is 2. The fraction of sp³-hybridized carbons (Fsp3) is 0.300. The van der Waals surface area contributed by atoms with Crippen LogP contribution in [-0.2, 0) is 24.3 Å². The van der Waals surface area contributed by atoms with Crippen LogP contribution in [0.4, 0.5) is 5.69 Å². The second-order valence-electron chi connectivity index (χ2n) is 6.08. The van der Waals surface area contributed by atoms with Gasteiger partial charge in [-0.3, -0.25) is 9.10 Å². The molecule has 0 amide bonds. The van der Waals surface area contributed by atoms with Crippen LogP contribution < -0.4 is 4.31 Å². The maximum absolute atomic E-state index is 13.3. The van der Waals surface area contributed by atoms with Crippen LogP contribution in [0.25, 0.3) is 0 Å². The van der Waals surface area contributed by atoms with Gasteiger partial charge in [0.15, 0.2) is 0 Å². The molecule has 0 radical (unpaired) electrons. The van der Waals surface area contributed by atoms with Gasteiger partial charge in [-0.05, 0) is 37.6 Å². The van der Waals surface area contributed by atoms with Gasteiger partial charge in [0, 0.05) is 13.0 Å².